The maximum absolute atomic E-state index is 14.0. The Morgan fingerprint density at radius 3 is 2.52 bits per heavy atom. The molecule has 0 aromatic heterocycles. The Balaban J connectivity index is 2.09. The number of carbonyl (C=O) groups excluding carboxylic acids is 2. The molecule has 0 spiro atoms. The number of nitrogens with zero attached hydrogens (tertiary/aromatic N) is 2. The number of hydrogen-bond donors (Lipinski definition) is 1. The van der Waals surface area contributed by atoms with Gasteiger partial charge in [-0.2, -0.15) is 5.26 Å². The molecule has 1 saturated heterocycles. The average Bonchev–Trinajstić information content (AvgIpc) is 2.90. The van der Waals surface area contributed by atoms with E-state index in [1.54, 1.807) is 20.8 Å². The van der Waals surface area contributed by atoms with Gasteiger partial charge in [-0.15, -0.1) is 0 Å². The number of amides is 1. The fraction of sp³-hybridized carbons (Fsp3) is 0.833. The summed E-state index contributed by atoms with van der Waals surface area (Å²) >= 11 is 0. The largest absolute Gasteiger partial charge is 0.444 e. The van der Waals surface area contributed by atoms with E-state index in [1.807, 2.05) is 6.07 Å². The summed E-state index contributed by atoms with van der Waals surface area (Å²) in [5.74, 6) is -0.466. The number of nitriles is 1. The van der Waals surface area contributed by atoms with Crippen LogP contribution in [0.15, 0.2) is 0 Å². The van der Waals surface area contributed by atoms with Crippen LogP contribution >= 0.6 is 0 Å². The Morgan fingerprint density at radius 2 is 1.96 bits per heavy atom. The van der Waals surface area contributed by atoms with Crippen LogP contribution in [0.3, 0.4) is 0 Å². The van der Waals surface area contributed by atoms with Crippen molar-refractivity contribution in [1.29, 1.82) is 5.26 Å². The minimum Gasteiger partial charge on any atom is -0.444 e. The van der Waals surface area contributed by atoms with E-state index in [-0.39, 0.29) is 25.6 Å². The molecule has 140 valence electrons. The highest BCUT2D eigenvalue weighted by atomic mass is 19.1. The fourth-order valence-corrected chi connectivity index (χ4v) is 3.52. The van der Waals surface area contributed by atoms with Crippen molar-refractivity contribution in [1.82, 2.24) is 10.2 Å². The monoisotopic (exact) mass is 353 g/mol. The predicted octanol–water partition coefficient (Wildman–Crippen LogP) is 2.72. The zero-order chi connectivity index (χ0) is 18.7. The highest BCUT2D eigenvalue weighted by Crippen LogP contribution is 2.33. The molecule has 6 nitrogen and oxygen atoms in total. The van der Waals surface area contributed by atoms with E-state index in [1.165, 1.54) is 6.42 Å². The normalized spacial score (nSPS) is 27.8. The molecular weight excluding hydrogens is 325 g/mol. The third kappa shape index (κ3) is 4.69. The molecule has 1 amide bonds. The van der Waals surface area contributed by atoms with Gasteiger partial charge in [0.1, 0.15) is 11.8 Å². The van der Waals surface area contributed by atoms with E-state index < -0.39 is 29.2 Å². The number of hydrogen-bond acceptors (Lipinski definition) is 5. The first-order valence-corrected chi connectivity index (χ1v) is 9.00. The Hall–Kier alpha value is -1.68. The van der Waals surface area contributed by atoms with Crippen molar-refractivity contribution in [3.8, 4) is 6.07 Å². The molecule has 2 fully saturated rings. The van der Waals surface area contributed by atoms with Gasteiger partial charge in [0, 0.05) is 12.5 Å². The number of halogens is 1. The van der Waals surface area contributed by atoms with Gasteiger partial charge in [0.2, 0.25) is 0 Å². The topological polar surface area (TPSA) is 82.4 Å². The highest BCUT2D eigenvalue weighted by molar-refractivity contribution is 5.96. The lowest BCUT2D eigenvalue weighted by Gasteiger charge is -2.33. The Kier molecular flexibility index (Phi) is 6.04. The lowest BCUT2D eigenvalue weighted by atomic mass is 9.91. The maximum Gasteiger partial charge on any atom is 0.412 e. The SMILES string of the molecule is CC(C)(C)OC(=O)N1CC(F)CC1(C#N)C(=O)CNC1CCCCC1. The number of likely N-dealkylation sites (tertiary alicyclic amines) is 1. The van der Waals surface area contributed by atoms with Crippen LogP contribution in [-0.4, -0.2) is 53.2 Å². The number of alkyl halides is 1. The van der Waals surface area contributed by atoms with Crippen LogP contribution in [0.25, 0.3) is 0 Å². The standard InChI is InChI=1S/C18H28FN3O3/c1-17(2,3)25-16(24)22-11-13(19)9-18(22,12-20)15(23)10-21-14-7-5-4-6-8-14/h13-14,21H,4-11H2,1-3H3. The van der Waals surface area contributed by atoms with E-state index in [0.29, 0.717) is 0 Å². The molecule has 0 radical (unpaired) electrons. The predicted molar refractivity (Wildman–Crippen MR) is 90.7 cm³/mol. The van der Waals surface area contributed by atoms with Crippen molar-refractivity contribution in [2.75, 3.05) is 13.1 Å². The van der Waals surface area contributed by atoms with E-state index in [4.69, 9.17) is 4.74 Å². The number of Topliss-reactive ketones (excluding diaryl/α,β-unsaturated/α-hetero) is 1. The van der Waals surface area contributed by atoms with Gasteiger partial charge < -0.3 is 10.1 Å². The first-order chi connectivity index (χ1) is 11.7. The third-order valence-electron chi connectivity index (χ3n) is 4.77. The summed E-state index contributed by atoms with van der Waals surface area (Å²) in [4.78, 5) is 26.1. The van der Waals surface area contributed by atoms with E-state index in [9.17, 15) is 19.2 Å². The molecule has 1 heterocycles. The van der Waals surface area contributed by atoms with Gasteiger partial charge in [-0.3, -0.25) is 9.69 Å². The summed E-state index contributed by atoms with van der Waals surface area (Å²) < 4.78 is 19.3. The first kappa shape index (κ1) is 19.6. The van der Waals surface area contributed by atoms with Gasteiger partial charge in [-0.25, -0.2) is 9.18 Å². The Morgan fingerprint density at radius 1 is 1.32 bits per heavy atom. The first-order valence-electron chi connectivity index (χ1n) is 9.00. The van der Waals surface area contributed by atoms with Crippen LogP contribution in [0.5, 0.6) is 0 Å². The van der Waals surface area contributed by atoms with E-state index >= 15 is 0 Å². The molecular formula is C18H28FN3O3. The zero-order valence-corrected chi connectivity index (χ0v) is 15.3. The summed E-state index contributed by atoms with van der Waals surface area (Å²) in [6.45, 7) is 4.74. The van der Waals surface area contributed by atoms with E-state index in [2.05, 4.69) is 5.32 Å². The van der Waals surface area contributed by atoms with Crippen LogP contribution in [0.4, 0.5) is 9.18 Å². The van der Waals surface area contributed by atoms with Crippen molar-refractivity contribution >= 4 is 11.9 Å². The number of ether oxygens (including phenoxy) is 1. The molecule has 1 aliphatic carbocycles. The molecule has 0 aromatic carbocycles. The van der Waals surface area contributed by atoms with Crippen molar-refractivity contribution in [2.24, 2.45) is 0 Å². The summed E-state index contributed by atoms with van der Waals surface area (Å²) in [6, 6.07) is 2.15. The molecule has 2 unspecified atom stereocenters. The molecule has 0 bridgehead atoms. The number of rotatable bonds is 4. The average molecular weight is 353 g/mol. The quantitative estimate of drug-likeness (QED) is 0.840. The smallest absolute Gasteiger partial charge is 0.412 e. The molecule has 1 N–H and O–H groups in total. The van der Waals surface area contributed by atoms with Gasteiger partial charge in [0.05, 0.1) is 19.2 Å². The second-order valence-corrected chi connectivity index (χ2v) is 8.00. The summed E-state index contributed by atoms with van der Waals surface area (Å²) in [5.41, 5.74) is -2.57. The van der Waals surface area contributed by atoms with Crippen molar-refractivity contribution in [2.45, 2.75) is 82.6 Å². The van der Waals surface area contributed by atoms with Crippen molar-refractivity contribution in [3.63, 3.8) is 0 Å². The van der Waals surface area contributed by atoms with Crippen LogP contribution in [0.1, 0.15) is 59.3 Å². The minimum atomic E-state index is -1.79. The molecule has 1 saturated carbocycles. The van der Waals surface area contributed by atoms with Gasteiger partial charge in [-0.05, 0) is 33.6 Å². The van der Waals surface area contributed by atoms with Gasteiger partial charge in [-0.1, -0.05) is 19.3 Å². The second-order valence-electron chi connectivity index (χ2n) is 8.00. The third-order valence-corrected chi connectivity index (χ3v) is 4.77. The van der Waals surface area contributed by atoms with Crippen molar-refractivity contribution in [3.05, 3.63) is 0 Å². The molecule has 25 heavy (non-hydrogen) atoms. The van der Waals surface area contributed by atoms with Gasteiger partial charge >= 0.3 is 6.09 Å². The summed E-state index contributed by atoms with van der Waals surface area (Å²) in [7, 11) is 0. The fourth-order valence-electron chi connectivity index (χ4n) is 3.52. The van der Waals surface area contributed by atoms with Gasteiger partial charge in [0.15, 0.2) is 11.3 Å². The lowest BCUT2D eigenvalue weighted by molar-refractivity contribution is -0.126. The molecule has 1 aliphatic heterocycles. The maximum atomic E-state index is 14.0. The van der Waals surface area contributed by atoms with Crippen LogP contribution in [0, 0.1) is 11.3 Å². The molecule has 2 atom stereocenters. The van der Waals surface area contributed by atoms with Crippen LogP contribution in [0.2, 0.25) is 0 Å². The summed E-state index contributed by atoms with van der Waals surface area (Å²) in [5, 5.41) is 12.8. The Labute approximate surface area is 148 Å². The highest BCUT2D eigenvalue weighted by Gasteiger charge is 2.55. The zero-order valence-electron chi connectivity index (χ0n) is 15.3. The van der Waals surface area contributed by atoms with E-state index in [0.717, 1.165) is 30.6 Å². The Bertz CT molecular complexity index is 549. The summed E-state index contributed by atoms with van der Waals surface area (Å²) in [6.07, 6.45) is 2.89. The molecule has 0 aromatic rings. The van der Waals surface area contributed by atoms with Gasteiger partial charge in [0.25, 0.3) is 0 Å². The number of carbonyl (C=O) groups is 2. The second kappa shape index (κ2) is 7.69. The molecule has 7 heteroatoms. The van der Waals surface area contributed by atoms with Crippen LogP contribution < -0.4 is 5.32 Å². The number of nitrogens with one attached hydrogen (secondary N) is 1. The van der Waals surface area contributed by atoms with Crippen LogP contribution in [-0.2, 0) is 9.53 Å². The van der Waals surface area contributed by atoms with Crippen molar-refractivity contribution < 1.29 is 18.7 Å². The molecule has 2 rings (SSSR count). The number of ketones is 1. The lowest BCUT2D eigenvalue weighted by Crippen LogP contribution is -2.56. The minimum absolute atomic E-state index is 0.0375. The molecule has 2 aliphatic rings.